The van der Waals surface area contributed by atoms with E-state index < -0.39 is 15.8 Å². The Morgan fingerprint density at radius 2 is 1.81 bits per heavy atom. The molecule has 5 rings (SSSR count). The van der Waals surface area contributed by atoms with Crippen LogP contribution in [0.1, 0.15) is 33.0 Å². The number of aryl methyl sites for hydroxylation is 2. The first kappa shape index (κ1) is 24.7. The van der Waals surface area contributed by atoms with Crippen LogP contribution in [0.5, 0.6) is 11.5 Å². The number of nitrogens with zero attached hydrogens (tertiary/aromatic N) is 2. The van der Waals surface area contributed by atoms with E-state index >= 15 is 0 Å². The summed E-state index contributed by atoms with van der Waals surface area (Å²) in [4.78, 5) is 16.6. The largest absolute Gasteiger partial charge is 0.465 e. The van der Waals surface area contributed by atoms with Gasteiger partial charge in [-0.15, -0.1) is 0 Å². The first-order valence-electron chi connectivity index (χ1n) is 11.6. The second kappa shape index (κ2) is 9.46. The lowest BCUT2D eigenvalue weighted by atomic mass is 10.1. The zero-order chi connectivity index (χ0) is 25.6. The highest BCUT2D eigenvalue weighted by Crippen LogP contribution is 2.45. The number of hydrogen-bond donors (Lipinski definition) is 0. The second-order valence-corrected chi connectivity index (χ2v) is 11.5. The highest BCUT2D eigenvalue weighted by molar-refractivity contribution is 7.90. The fourth-order valence-corrected chi connectivity index (χ4v) is 6.56. The van der Waals surface area contributed by atoms with Crippen LogP contribution in [0, 0.1) is 13.8 Å². The average molecular weight is 531 g/mol. The molecule has 0 saturated carbocycles. The summed E-state index contributed by atoms with van der Waals surface area (Å²) in [7, 11) is -2.56. The third kappa shape index (κ3) is 4.70. The highest BCUT2D eigenvalue weighted by Gasteiger charge is 2.32. The maximum atomic E-state index is 13.4. The fraction of sp³-hybridized carbons (Fsp3) is 0.346. The third-order valence-corrected chi connectivity index (χ3v) is 8.51. The van der Waals surface area contributed by atoms with Gasteiger partial charge in [0, 0.05) is 37.4 Å². The molecule has 0 N–H and O–H groups in total. The summed E-state index contributed by atoms with van der Waals surface area (Å²) in [6.07, 6.45) is 0. The minimum absolute atomic E-state index is 0.0431. The van der Waals surface area contributed by atoms with Gasteiger partial charge in [0.2, 0.25) is 0 Å². The van der Waals surface area contributed by atoms with Crippen LogP contribution in [0.3, 0.4) is 0 Å². The van der Waals surface area contributed by atoms with E-state index in [1.165, 1.54) is 13.2 Å². The van der Waals surface area contributed by atoms with Gasteiger partial charge in [-0.25, -0.2) is 13.2 Å². The Morgan fingerprint density at radius 1 is 1.06 bits per heavy atom. The highest BCUT2D eigenvalue weighted by atomic mass is 35.5. The van der Waals surface area contributed by atoms with Gasteiger partial charge in [-0.2, -0.15) is 0 Å². The van der Waals surface area contributed by atoms with E-state index in [4.69, 9.17) is 25.5 Å². The number of hydrogen-bond acceptors (Lipinski definition) is 8. The molecule has 2 aliphatic rings. The van der Waals surface area contributed by atoms with E-state index in [0.29, 0.717) is 21.9 Å². The molecule has 2 aromatic carbocycles. The summed E-state index contributed by atoms with van der Waals surface area (Å²) in [5, 5.41) is 0.343. The zero-order valence-electron chi connectivity index (χ0n) is 20.3. The Balaban J connectivity index is 1.41. The molecule has 2 aliphatic heterocycles. The Labute approximate surface area is 215 Å². The van der Waals surface area contributed by atoms with Crippen molar-refractivity contribution in [2.45, 2.75) is 31.0 Å². The number of ether oxygens (including phenoxy) is 2. The lowest BCUT2D eigenvalue weighted by Crippen LogP contribution is -2.46. The van der Waals surface area contributed by atoms with Crippen molar-refractivity contribution < 1.29 is 27.1 Å². The number of fused-ring (bicyclic) bond motifs is 2. The number of sulfone groups is 1. The zero-order valence-corrected chi connectivity index (χ0v) is 21.9. The summed E-state index contributed by atoms with van der Waals surface area (Å²) >= 11 is 6.65. The summed E-state index contributed by atoms with van der Waals surface area (Å²) in [5.41, 5.74) is 2.00. The van der Waals surface area contributed by atoms with E-state index in [-0.39, 0.29) is 22.0 Å². The van der Waals surface area contributed by atoms with Gasteiger partial charge in [-0.05, 0) is 55.8 Å². The van der Waals surface area contributed by atoms with Gasteiger partial charge >= 0.3 is 5.97 Å². The van der Waals surface area contributed by atoms with Gasteiger partial charge in [-0.3, -0.25) is 4.90 Å². The van der Waals surface area contributed by atoms with Crippen LogP contribution in [0.2, 0.25) is 5.02 Å². The number of benzene rings is 2. The van der Waals surface area contributed by atoms with Crippen LogP contribution in [0.25, 0.3) is 0 Å². The molecule has 0 spiro atoms. The van der Waals surface area contributed by atoms with E-state index in [0.717, 1.165) is 49.9 Å². The van der Waals surface area contributed by atoms with Crippen molar-refractivity contribution in [3.8, 4) is 11.5 Å². The number of carbonyl (C=O) groups excluding carboxylic acids is 1. The molecule has 36 heavy (non-hydrogen) atoms. The summed E-state index contributed by atoms with van der Waals surface area (Å²) < 4.78 is 43.3. The molecular formula is C26H27ClN2O6S. The van der Waals surface area contributed by atoms with E-state index in [9.17, 15) is 13.2 Å². The van der Waals surface area contributed by atoms with Crippen molar-refractivity contribution in [3.63, 3.8) is 0 Å². The van der Waals surface area contributed by atoms with Crippen molar-refractivity contribution in [2.24, 2.45) is 0 Å². The normalized spacial score (nSPS) is 17.1. The number of esters is 1. The van der Waals surface area contributed by atoms with Gasteiger partial charge < -0.3 is 18.8 Å². The number of methoxy groups -OCH3 is 1. The van der Waals surface area contributed by atoms with Crippen LogP contribution in [0.4, 0.5) is 5.69 Å². The van der Waals surface area contributed by atoms with Crippen molar-refractivity contribution in [2.75, 3.05) is 38.2 Å². The molecule has 0 radical (unpaired) electrons. The molecule has 0 atom stereocenters. The van der Waals surface area contributed by atoms with Crippen molar-refractivity contribution in [1.29, 1.82) is 0 Å². The smallest absolute Gasteiger partial charge is 0.337 e. The Hall–Kier alpha value is -3.01. The number of carbonyl (C=O) groups is 1. The van der Waals surface area contributed by atoms with Crippen LogP contribution in [0.15, 0.2) is 45.7 Å². The molecule has 1 aromatic heterocycles. The Bertz CT molecular complexity index is 1440. The molecule has 10 heteroatoms. The van der Waals surface area contributed by atoms with Gasteiger partial charge in [0.05, 0.1) is 30.0 Å². The summed E-state index contributed by atoms with van der Waals surface area (Å²) in [6.45, 7) is 7.59. The van der Waals surface area contributed by atoms with E-state index in [2.05, 4.69) is 9.80 Å². The van der Waals surface area contributed by atoms with Crippen LogP contribution in [-0.2, 0) is 26.9 Å². The van der Waals surface area contributed by atoms with Crippen molar-refractivity contribution in [1.82, 2.24) is 4.90 Å². The fourth-order valence-electron chi connectivity index (χ4n) is 4.72. The Kier molecular flexibility index (Phi) is 6.48. The molecule has 0 bridgehead atoms. The molecule has 0 aliphatic carbocycles. The standard InChI is InChI=1S/C26H27ClN2O6S/c1-16-10-18(26(30)33-3)12-23-24(16)35-25-19(15-36(23,31)32)11-20(13-22(25)27)29-8-6-28(7-9-29)14-21-5-4-17(2)34-21/h4-5,10-13H,6-9,14-15H2,1-3H3. The summed E-state index contributed by atoms with van der Waals surface area (Å²) in [5.74, 6) is 1.45. The minimum Gasteiger partial charge on any atom is -0.465 e. The molecule has 3 aromatic rings. The maximum Gasteiger partial charge on any atom is 0.337 e. The Morgan fingerprint density at radius 3 is 2.47 bits per heavy atom. The third-order valence-electron chi connectivity index (χ3n) is 6.56. The number of piperazine rings is 1. The first-order valence-corrected chi connectivity index (χ1v) is 13.7. The molecule has 3 heterocycles. The van der Waals surface area contributed by atoms with Gasteiger partial charge in [0.25, 0.3) is 0 Å². The van der Waals surface area contributed by atoms with E-state index in [1.54, 1.807) is 13.0 Å². The molecule has 0 unspecified atom stereocenters. The van der Waals surface area contributed by atoms with E-state index in [1.807, 2.05) is 31.2 Å². The number of anilines is 1. The SMILES string of the molecule is COC(=O)c1cc(C)c2c(c1)S(=O)(=O)Cc1cc(N3CCN(Cc4ccc(C)o4)CC3)cc(Cl)c1O2. The maximum absolute atomic E-state index is 13.4. The van der Waals surface area contributed by atoms with Gasteiger partial charge in [0.1, 0.15) is 27.9 Å². The quantitative estimate of drug-likeness (QED) is 0.447. The van der Waals surface area contributed by atoms with Crippen molar-refractivity contribution in [3.05, 3.63) is 69.6 Å². The monoisotopic (exact) mass is 530 g/mol. The topological polar surface area (TPSA) is 89.3 Å². The predicted octanol–water partition coefficient (Wildman–Crippen LogP) is 4.74. The predicted molar refractivity (Wildman–Crippen MR) is 136 cm³/mol. The first-order chi connectivity index (χ1) is 17.1. The second-order valence-electron chi connectivity index (χ2n) is 9.16. The van der Waals surface area contributed by atoms with Gasteiger partial charge in [0.15, 0.2) is 9.84 Å². The van der Waals surface area contributed by atoms with Crippen LogP contribution in [-0.4, -0.2) is 52.6 Å². The lowest BCUT2D eigenvalue weighted by molar-refractivity contribution is 0.0600. The lowest BCUT2D eigenvalue weighted by Gasteiger charge is -2.36. The van der Waals surface area contributed by atoms with Gasteiger partial charge in [-0.1, -0.05) is 11.6 Å². The average Bonchev–Trinajstić information content (AvgIpc) is 3.20. The molecule has 1 saturated heterocycles. The van der Waals surface area contributed by atoms with Crippen LogP contribution >= 0.6 is 11.6 Å². The molecule has 1 fully saturated rings. The molecule has 0 amide bonds. The van der Waals surface area contributed by atoms with Crippen LogP contribution < -0.4 is 9.64 Å². The summed E-state index contributed by atoms with van der Waals surface area (Å²) in [6, 6.07) is 10.5. The van der Waals surface area contributed by atoms with Crippen molar-refractivity contribution >= 4 is 33.1 Å². The number of furan rings is 1. The molecule has 190 valence electrons. The molecular weight excluding hydrogens is 504 g/mol. The number of halogens is 1. The molecule has 8 nitrogen and oxygen atoms in total. The number of rotatable bonds is 4. The minimum atomic E-state index is -3.81.